The molecule has 0 aromatic carbocycles. The predicted octanol–water partition coefficient (Wildman–Crippen LogP) is 0.935. The molecular formula is C11H23NO3. The van der Waals surface area contributed by atoms with Crippen LogP contribution in [0.5, 0.6) is 0 Å². The van der Waals surface area contributed by atoms with E-state index in [4.69, 9.17) is 9.84 Å². The number of carbonyl (C=O) groups is 1. The molecule has 0 aliphatic heterocycles. The molecule has 0 aliphatic rings. The van der Waals surface area contributed by atoms with E-state index in [0.717, 1.165) is 0 Å². The lowest BCUT2D eigenvalue weighted by molar-refractivity contribution is -0.123. The second kappa shape index (κ2) is 7.65. The minimum atomic E-state index is -0.0246. The summed E-state index contributed by atoms with van der Waals surface area (Å²) in [6.45, 7) is 8.20. The number of amides is 1. The van der Waals surface area contributed by atoms with Gasteiger partial charge in [0.15, 0.2) is 0 Å². The van der Waals surface area contributed by atoms with Gasteiger partial charge < -0.3 is 15.2 Å². The minimum absolute atomic E-state index is 0.00144. The van der Waals surface area contributed by atoms with Gasteiger partial charge in [-0.25, -0.2) is 0 Å². The van der Waals surface area contributed by atoms with Gasteiger partial charge >= 0.3 is 0 Å². The normalized spacial score (nSPS) is 15.1. The number of ether oxygens (including phenoxy) is 1. The molecule has 1 amide bonds. The average molecular weight is 217 g/mol. The second-order valence-electron chi connectivity index (χ2n) is 4.19. The molecule has 4 nitrogen and oxygen atoms in total. The Hall–Kier alpha value is -0.610. The van der Waals surface area contributed by atoms with Crippen LogP contribution >= 0.6 is 0 Å². The maximum atomic E-state index is 11.4. The molecule has 0 spiro atoms. The second-order valence-corrected chi connectivity index (χ2v) is 4.19. The highest BCUT2D eigenvalue weighted by molar-refractivity contribution is 5.76. The van der Waals surface area contributed by atoms with Crippen molar-refractivity contribution >= 4 is 5.91 Å². The molecule has 0 fully saturated rings. The number of nitrogens with one attached hydrogen (secondary N) is 1. The third-order valence-corrected chi connectivity index (χ3v) is 2.31. The first-order valence-corrected chi connectivity index (χ1v) is 5.49. The molecule has 90 valence electrons. The molecule has 4 heteroatoms. The van der Waals surface area contributed by atoms with Crippen LogP contribution in [0.3, 0.4) is 0 Å². The molecule has 0 radical (unpaired) electrons. The lowest BCUT2D eigenvalue weighted by Gasteiger charge is -2.19. The summed E-state index contributed by atoms with van der Waals surface area (Å²) in [5.41, 5.74) is 0. The summed E-state index contributed by atoms with van der Waals surface area (Å²) in [5.74, 6) is 0.0587. The minimum Gasteiger partial charge on any atom is -0.396 e. The van der Waals surface area contributed by atoms with Crippen LogP contribution in [0.4, 0.5) is 0 Å². The Bertz CT molecular complexity index is 183. The Labute approximate surface area is 92.0 Å². The number of rotatable bonds is 7. The van der Waals surface area contributed by atoms with Gasteiger partial charge in [0.2, 0.25) is 5.91 Å². The van der Waals surface area contributed by atoms with E-state index in [1.807, 2.05) is 27.7 Å². The molecule has 2 atom stereocenters. The van der Waals surface area contributed by atoms with Gasteiger partial charge in [-0.05, 0) is 26.7 Å². The Morgan fingerprint density at radius 3 is 2.40 bits per heavy atom. The Morgan fingerprint density at radius 1 is 1.33 bits per heavy atom. The maximum Gasteiger partial charge on any atom is 0.222 e. The van der Waals surface area contributed by atoms with Crippen molar-refractivity contribution in [2.24, 2.45) is 5.92 Å². The fourth-order valence-corrected chi connectivity index (χ4v) is 1.01. The number of aliphatic hydroxyl groups is 1. The Morgan fingerprint density at radius 2 is 1.93 bits per heavy atom. The molecule has 0 saturated heterocycles. The van der Waals surface area contributed by atoms with Crippen LogP contribution in [0.25, 0.3) is 0 Å². The van der Waals surface area contributed by atoms with Crippen LogP contribution in [0, 0.1) is 5.92 Å². The van der Waals surface area contributed by atoms with E-state index in [-0.39, 0.29) is 30.6 Å². The van der Waals surface area contributed by atoms with E-state index in [1.54, 1.807) is 0 Å². The highest BCUT2D eigenvalue weighted by Gasteiger charge is 2.13. The molecule has 2 N–H and O–H groups in total. The molecular weight excluding hydrogens is 194 g/mol. The number of hydrogen-bond acceptors (Lipinski definition) is 3. The van der Waals surface area contributed by atoms with Crippen LogP contribution in [0.15, 0.2) is 0 Å². The van der Waals surface area contributed by atoms with Crippen molar-refractivity contribution in [1.82, 2.24) is 5.32 Å². The van der Waals surface area contributed by atoms with Gasteiger partial charge in [0.05, 0.1) is 12.7 Å². The van der Waals surface area contributed by atoms with Crippen LogP contribution in [0.2, 0.25) is 0 Å². The monoisotopic (exact) mass is 217 g/mol. The Kier molecular flexibility index (Phi) is 7.34. The Balaban J connectivity index is 3.64. The van der Waals surface area contributed by atoms with Gasteiger partial charge in [0.25, 0.3) is 0 Å². The van der Waals surface area contributed by atoms with Crippen LogP contribution in [-0.4, -0.2) is 36.4 Å². The standard InChI is InChI=1S/C11H23NO3/c1-8(2)15-6-5-11(14)12-10(4)9(3)7-13/h8-10,13H,5-7H2,1-4H3,(H,12,14). The summed E-state index contributed by atoms with van der Waals surface area (Å²) in [6, 6.07) is 0.00144. The first kappa shape index (κ1) is 14.4. The topological polar surface area (TPSA) is 58.6 Å². The molecule has 15 heavy (non-hydrogen) atoms. The van der Waals surface area contributed by atoms with Gasteiger partial charge in [-0.1, -0.05) is 6.92 Å². The summed E-state index contributed by atoms with van der Waals surface area (Å²) in [4.78, 5) is 11.4. The first-order chi connectivity index (χ1) is 6.97. The van der Waals surface area contributed by atoms with Crippen molar-refractivity contribution in [2.75, 3.05) is 13.2 Å². The summed E-state index contributed by atoms with van der Waals surface area (Å²) in [5, 5.41) is 11.7. The zero-order valence-corrected chi connectivity index (χ0v) is 10.1. The highest BCUT2D eigenvalue weighted by atomic mass is 16.5. The van der Waals surface area contributed by atoms with Crippen molar-refractivity contribution in [2.45, 2.75) is 46.3 Å². The van der Waals surface area contributed by atoms with Gasteiger partial charge in [-0.2, -0.15) is 0 Å². The molecule has 0 heterocycles. The molecule has 0 rings (SSSR count). The third kappa shape index (κ3) is 7.33. The van der Waals surface area contributed by atoms with E-state index < -0.39 is 0 Å². The fourth-order valence-electron chi connectivity index (χ4n) is 1.01. The number of hydrogen-bond donors (Lipinski definition) is 2. The molecule has 0 aromatic rings. The van der Waals surface area contributed by atoms with E-state index in [2.05, 4.69) is 5.32 Å². The summed E-state index contributed by atoms with van der Waals surface area (Å²) in [7, 11) is 0. The first-order valence-electron chi connectivity index (χ1n) is 5.49. The predicted molar refractivity (Wildman–Crippen MR) is 59.6 cm³/mol. The average Bonchev–Trinajstić information content (AvgIpc) is 2.15. The van der Waals surface area contributed by atoms with Crippen molar-refractivity contribution < 1.29 is 14.6 Å². The van der Waals surface area contributed by atoms with E-state index in [9.17, 15) is 4.79 Å². The molecule has 0 aromatic heterocycles. The third-order valence-electron chi connectivity index (χ3n) is 2.31. The van der Waals surface area contributed by atoms with Gasteiger partial charge in [0, 0.05) is 19.1 Å². The fraction of sp³-hybridized carbons (Fsp3) is 0.909. The van der Waals surface area contributed by atoms with Crippen molar-refractivity contribution in [3.8, 4) is 0 Å². The zero-order chi connectivity index (χ0) is 11.8. The SMILES string of the molecule is CC(C)OCCC(=O)NC(C)C(C)CO. The van der Waals surface area contributed by atoms with Crippen molar-refractivity contribution in [3.05, 3.63) is 0 Å². The van der Waals surface area contributed by atoms with Gasteiger partial charge in [-0.3, -0.25) is 4.79 Å². The highest BCUT2D eigenvalue weighted by Crippen LogP contribution is 2.01. The smallest absolute Gasteiger partial charge is 0.222 e. The largest absolute Gasteiger partial charge is 0.396 e. The summed E-state index contributed by atoms with van der Waals surface area (Å²) in [6.07, 6.45) is 0.535. The van der Waals surface area contributed by atoms with Crippen LogP contribution < -0.4 is 5.32 Å². The van der Waals surface area contributed by atoms with Crippen LogP contribution in [0.1, 0.15) is 34.1 Å². The van der Waals surface area contributed by atoms with Crippen molar-refractivity contribution in [3.63, 3.8) is 0 Å². The molecule has 0 aliphatic carbocycles. The van der Waals surface area contributed by atoms with E-state index in [0.29, 0.717) is 13.0 Å². The summed E-state index contributed by atoms with van der Waals surface area (Å²) >= 11 is 0. The van der Waals surface area contributed by atoms with E-state index in [1.165, 1.54) is 0 Å². The molecule has 0 bridgehead atoms. The number of aliphatic hydroxyl groups excluding tert-OH is 1. The summed E-state index contributed by atoms with van der Waals surface area (Å²) < 4.78 is 5.27. The van der Waals surface area contributed by atoms with Gasteiger partial charge in [-0.15, -0.1) is 0 Å². The van der Waals surface area contributed by atoms with E-state index >= 15 is 0 Å². The molecule has 2 unspecified atom stereocenters. The number of carbonyl (C=O) groups excluding carboxylic acids is 1. The van der Waals surface area contributed by atoms with Gasteiger partial charge in [0.1, 0.15) is 0 Å². The lowest BCUT2D eigenvalue weighted by Crippen LogP contribution is -2.38. The molecule has 0 saturated carbocycles. The quantitative estimate of drug-likeness (QED) is 0.667. The zero-order valence-electron chi connectivity index (χ0n) is 10.1. The maximum absolute atomic E-state index is 11.4. The lowest BCUT2D eigenvalue weighted by atomic mass is 10.1. The van der Waals surface area contributed by atoms with Crippen molar-refractivity contribution in [1.29, 1.82) is 0 Å². The van der Waals surface area contributed by atoms with Crippen LogP contribution in [-0.2, 0) is 9.53 Å².